The molecule has 42 heavy (non-hydrogen) atoms. The molecule has 1 N–H and O–H groups in total. The Bertz CT molecular complexity index is 1630. The molecule has 0 saturated carbocycles. The highest BCUT2D eigenvalue weighted by atomic mass is 79.9. The van der Waals surface area contributed by atoms with E-state index in [0.717, 1.165) is 25.5 Å². The number of carbonyl (C=O) groups excluding carboxylic acids is 2. The number of rotatable bonds is 11. The lowest BCUT2D eigenvalue weighted by molar-refractivity contribution is -0.139. The van der Waals surface area contributed by atoms with Crippen molar-refractivity contribution in [2.24, 2.45) is 0 Å². The van der Waals surface area contributed by atoms with Gasteiger partial charge >= 0.3 is 0 Å². The number of aryl methyl sites for hydroxylation is 2. The first-order valence-corrected chi connectivity index (χ1v) is 15.8. The minimum atomic E-state index is -4.13. The van der Waals surface area contributed by atoms with Gasteiger partial charge in [-0.1, -0.05) is 94.3 Å². The Morgan fingerprint density at radius 3 is 2.05 bits per heavy atom. The van der Waals surface area contributed by atoms with E-state index in [4.69, 9.17) is 0 Å². The number of likely N-dealkylation sites (N-methyl/N-ethyl adjacent to an activating group) is 1. The van der Waals surface area contributed by atoms with Crippen molar-refractivity contribution in [3.63, 3.8) is 0 Å². The lowest BCUT2D eigenvalue weighted by Gasteiger charge is -2.34. The van der Waals surface area contributed by atoms with E-state index in [9.17, 15) is 18.0 Å². The number of amides is 2. The van der Waals surface area contributed by atoms with Gasteiger partial charge in [-0.05, 0) is 60.9 Å². The molecule has 218 valence electrons. The summed E-state index contributed by atoms with van der Waals surface area (Å²) in [4.78, 5) is 29.2. The predicted octanol–water partition coefficient (Wildman–Crippen LogP) is 5.65. The van der Waals surface area contributed by atoms with Gasteiger partial charge in [0.05, 0.1) is 10.6 Å². The van der Waals surface area contributed by atoms with Gasteiger partial charge in [0.25, 0.3) is 10.0 Å². The molecular formula is C33H34BrN3O4S. The molecule has 0 bridgehead atoms. The number of hydrogen-bond donors (Lipinski definition) is 1. The molecule has 4 rings (SSSR count). The lowest BCUT2D eigenvalue weighted by Crippen LogP contribution is -2.53. The van der Waals surface area contributed by atoms with Gasteiger partial charge in [0.15, 0.2) is 0 Å². The second-order valence-electron chi connectivity index (χ2n) is 10.1. The molecule has 0 heterocycles. The molecule has 0 aliphatic rings. The van der Waals surface area contributed by atoms with Gasteiger partial charge in [0.2, 0.25) is 11.8 Å². The van der Waals surface area contributed by atoms with Crippen LogP contribution in [0.1, 0.15) is 22.3 Å². The van der Waals surface area contributed by atoms with Crippen LogP contribution >= 0.6 is 15.9 Å². The van der Waals surface area contributed by atoms with Crippen molar-refractivity contribution in [1.29, 1.82) is 0 Å². The highest BCUT2D eigenvalue weighted by molar-refractivity contribution is 9.10. The van der Waals surface area contributed by atoms with Crippen molar-refractivity contribution in [3.8, 4) is 0 Å². The van der Waals surface area contributed by atoms with Gasteiger partial charge in [0, 0.05) is 24.5 Å². The smallest absolute Gasteiger partial charge is 0.264 e. The van der Waals surface area contributed by atoms with E-state index >= 15 is 0 Å². The summed E-state index contributed by atoms with van der Waals surface area (Å²) in [6.45, 7) is 3.31. The third kappa shape index (κ3) is 7.46. The summed E-state index contributed by atoms with van der Waals surface area (Å²) in [5, 5.41) is 2.70. The molecular weight excluding hydrogens is 614 g/mol. The summed E-state index contributed by atoms with van der Waals surface area (Å²) in [5.74, 6) is -0.838. The summed E-state index contributed by atoms with van der Waals surface area (Å²) in [6, 6.07) is 29.6. The Hall–Kier alpha value is -3.95. The molecule has 4 aromatic rings. The predicted molar refractivity (Wildman–Crippen MR) is 170 cm³/mol. The second kappa shape index (κ2) is 13.8. The number of anilines is 1. The maximum atomic E-state index is 14.3. The zero-order chi connectivity index (χ0) is 30.3. The molecule has 2 amide bonds. The molecule has 4 aromatic carbocycles. The normalized spacial score (nSPS) is 11.9. The summed E-state index contributed by atoms with van der Waals surface area (Å²) in [5.41, 5.74) is 3.70. The Morgan fingerprint density at radius 2 is 1.43 bits per heavy atom. The number of sulfonamides is 1. The molecule has 0 saturated heterocycles. The van der Waals surface area contributed by atoms with Crippen molar-refractivity contribution in [2.45, 2.75) is 37.8 Å². The molecule has 0 aromatic heterocycles. The fourth-order valence-electron chi connectivity index (χ4n) is 4.70. The monoisotopic (exact) mass is 647 g/mol. The summed E-state index contributed by atoms with van der Waals surface area (Å²) >= 11 is 3.44. The van der Waals surface area contributed by atoms with E-state index in [0.29, 0.717) is 11.3 Å². The largest absolute Gasteiger partial charge is 0.357 e. The quantitative estimate of drug-likeness (QED) is 0.228. The molecule has 0 fully saturated rings. The van der Waals surface area contributed by atoms with Crippen molar-refractivity contribution < 1.29 is 18.0 Å². The lowest BCUT2D eigenvalue weighted by atomic mass is 10.0. The first-order chi connectivity index (χ1) is 20.1. The highest BCUT2D eigenvalue weighted by Crippen LogP contribution is 2.28. The van der Waals surface area contributed by atoms with Gasteiger partial charge in [-0.2, -0.15) is 0 Å². The van der Waals surface area contributed by atoms with Crippen molar-refractivity contribution in [2.75, 3.05) is 17.9 Å². The zero-order valence-electron chi connectivity index (χ0n) is 23.8. The zero-order valence-corrected chi connectivity index (χ0v) is 26.2. The van der Waals surface area contributed by atoms with E-state index in [2.05, 4.69) is 21.2 Å². The van der Waals surface area contributed by atoms with Crippen molar-refractivity contribution >= 4 is 43.5 Å². The number of hydrogen-bond acceptors (Lipinski definition) is 4. The molecule has 0 aliphatic heterocycles. The van der Waals surface area contributed by atoms with Crippen LogP contribution in [0.2, 0.25) is 0 Å². The van der Waals surface area contributed by atoms with Crippen LogP contribution in [0.15, 0.2) is 112 Å². The molecule has 0 aliphatic carbocycles. The van der Waals surface area contributed by atoms with Crippen LogP contribution in [0.5, 0.6) is 0 Å². The Kier molecular flexibility index (Phi) is 10.2. The standard InChI is InChI=1S/C33H34BrN3O4S/c1-24-13-19-29(20-14-24)42(40,41)37(30-12-8-7-9-25(30)2)23-32(38)36(22-27-15-17-28(34)18-16-27)31(33(39)35-3)21-26-10-5-4-6-11-26/h4-20,31H,21-23H2,1-3H3,(H,35,39). The minimum absolute atomic E-state index is 0.0794. The summed E-state index contributed by atoms with van der Waals surface area (Å²) < 4.78 is 30.2. The van der Waals surface area contributed by atoms with E-state index in [1.165, 1.54) is 11.9 Å². The van der Waals surface area contributed by atoms with Crippen LogP contribution in [-0.4, -0.2) is 44.8 Å². The van der Waals surface area contributed by atoms with Crippen LogP contribution in [0.25, 0.3) is 0 Å². The number of para-hydroxylation sites is 1. The average molecular weight is 649 g/mol. The topological polar surface area (TPSA) is 86.8 Å². The number of benzene rings is 4. The van der Waals surface area contributed by atoms with Gasteiger partial charge in [0.1, 0.15) is 12.6 Å². The molecule has 9 heteroatoms. The van der Waals surface area contributed by atoms with Gasteiger partial charge in [-0.25, -0.2) is 8.42 Å². The average Bonchev–Trinajstić information content (AvgIpc) is 2.99. The first-order valence-electron chi connectivity index (χ1n) is 13.5. The molecule has 1 unspecified atom stereocenters. The Balaban J connectivity index is 1.79. The number of nitrogens with zero attached hydrogens (tertiary/aromatic N) is 2. The van der Waals surface area contributed by atoms with Crippen LogP contribution < -0.4 is 9.62 Å². The maximum Gasteiger partial charge on any atom is 0.264 e. The van der Waals surface area contributed by atoms with Crippen molar-refractivity contribution in [3.05, 3.63) is 130 Å². The molecule has 7 nitrogen and oxygen atoms in total. The minimum Gasteiger partial charge on any atom is -0.357 e. The number of carbonyl (C=O) groups is 2. The van der Waals surface area contributed by atoms with Crippen molar-refractivity contribution in [1.82, 2.24) is 10.2 Å². The van der Waals surface area contributed by atoms with Crippen LogP contribution in [0, 0.1) is 13.8 Å². The van der Waals surface area contributed by atoms with E-state index in [1.807, 2.05) is 67.6 Å². The summed E-state index contributed by atoms with van der Waals surface area (Å²) in [7, 11) is -2.60. The van der Waals surface area contributed by atoms with E-state index < -0.39 is 28.5 Å². The van der Waals surface area contributed by atoms with Gasteiger partial charge in [-0.15, -0.1) is 0 Å². The number of nitrogens with one attached hydrogen (secondary N) is 1. The third-order valence-electron chi connectivity index (χ3n) is 7.06. The Labute approximate surface area is 256 Å². The maximum absolute atomic E-state index is 14.3. The SMILES string of the molecule is CNC(=O)C(Cc1ccccc1)N(Cc1ccc(Br)cc1)C(=O)CN(c1ccccc1C)S(=O)(=O)c1ccc(C)cc1. The molecule has 0 radical (unpaired) electrons. The fraction of sp³-hybridized carbons (Fsp3) is 0.212. The molecule has 0 spiro atoms. The van der Waals surface area contributed by atoms with Crippen LogP contribution in [-0.2, 0) is 32.6 Å². The fourth-order valence-corrected chi connectivity index (χ4v) is 6.44. The van der Waals surface area contributed by atoms with Gasteiger partial charge in [-0.3, -0.25) is 13.9 Å². The number of halogens is 1. The second-order valence-corrected chi connectivity index (χ2v) is 12.9. The Morgan fingerprint density at radius 1 is 0.810 bits per heavy atom. The molecule has 1 atom stereocenters. The van der Waals surface area contributed by atoms with Crippen LogP contribution in [0.4, 0.5) is 5.69 Å². The first kappa shape index (κ1) is 31.0. The van der Waals surface area contributed by atoms with Crippen LogP contribution in [0.3, 0.4) is 0 Å². The highest BCUT2D eigenvalue weighted by Gasteiger charge is 2.34. The third-order valence-corrected chi connectivity index (χ3v) is 9.36. The van der Waals surface area contributed by atoms with Gasteiger partial charge < -0.3 is 10.2 Å². The van der Waals surface area contributed by atoms with E-state index in [1.54, 1.807) is 49.4 Å². The van der Waals surface area contributed by atoms with E-state index in [-0.39, 0.29) is 23.8 Å². The summed E-state index contributed by atoms with van der Waals surface area (Å²) in [6.07, 6.45) is 0.262.